The first-order chi connectivity index (χ1) is 48.4. The Bertz CT molecular complexity index is 3090. The lowest BCUT2D eigenvalue weighted by molar-refractivity contribution is -0.0415. The highest BCUT2D eigenvalue weighted by Gasteiger charge is 2.30. The Hall–Kier alpha value is -3.44. The standard InChI is InChI=1S/C52H70O4S2.C38H56Br2/c1-3-5-7-9-11-13-15-17-19-21-23-39(24-22-20-18-16-14-12-10-8-6-4-2)50-44-37-40(46-29-31-48(57-46)51-53-33-34-54-51)25-27-42(44)43-28-26-41(38-45(43)50)47-30-32-49(58-47)52-55-35-36-56-52;1-3-5-7-9-11-13-15-17-19-21-23-31(24-22-20-18-16-14-12-10-8-6-4-2)38-36-29-32(39)25-27-34(36)35-28-26-33(40)30-37(35)38/h25-32,37-38,51-52H,3-24,33-36H2,1-2H3;25-30H,3-24H2,1-2H3. The van der Waals surface area contributed by atoms with E-state index in [0.29, 0.717) is 26.4 Å². The molecule has 0 spiro atoms. The Labute approximate surface area is 621 Å². The van der Waals surface area contributed by atoms with Crippen LogP contribution < -0.4 is 0 Å². The lowest BCUT2D eigenvalue weighted by Crippen LogP contribution is -1.95. The summed E-state index contributed by atoms with van der Waals surface area (Å²) >= 11 is 11.2. The van der Waals surface area contributed by atoms with Crippen molar-refractivity contribution in [2.75, 3.05) is 26.4 Å². The minimum absolute atomic E-state index is 0.232. The first-order valence-electron chi connectivity index (χ1n) is 40.4. The number of thiophene rings is 2. The third-order valence-electron chi connectivity index (χ3n) is 21.2. The largest absolute Gasteiger partial charge is 0.345 e. The molecule has 4 heterocycles. The van der Waals surface area contributed by atoms with Crippen LogP contribution in [0, 0.1) is 0 Å². The van der Waals surface area contributed by atoms with E-state index in [4.69, 9.17) is 18.9 Å². The summed E-state index contributed by atoms with van der Waals surface area (Å²) in [5, 5.41) is 0. The van der Waals surface area contributed by atoms with Crippen LogP contribution in [-0.4, -0.2) is 26.4 Å². The molecular weight excluding hydrogens is 1370 g/mol. The van der Waals surface area contributed by atoms with Crippen molar-refractivity contribution >= 4 is 65.7 Å². The van der Waals surface area contributed by atoms with Crippen LogP contribution in [0.2, 0.25) is 0 Å². The van der Waals surface area contributed by atoms with Gasteiger partial charge in [-0.2, -0.15) is 0 Å². The van der Waals surface area contributed by atoms with Crippen molar-refractivity contribution in [2.24, 2.45) is 0 Å². The van der Waals surface area contributed by atoms with Gasteiger partial charge >= 0.3 is 0 Å². The molecule has 0 N–H and O–H groups in total. The third-order valence-corrected chi connectivity index (χ3v) is 24.5. The van der Waals surface area contributed by atoms with Crippen LogP contribution >= 0.6 is 54.5 Å². The van der Waals surface area contributed by atoms with Crippen molar-refractivity contribution in [3.8, 4) is 43.1 Å². The highest BCUT2D eigenvalue weighted by molar-refractivity contribution is 9.10. The van der Waals surface area contributed by atoms with Gasteiger partial charge in [0.15, 0.2) is 12.6 Å². The summed E-state index contributed by atoms with van der Waals surface area (Å²) < 4.78 is 25.9. The molecule has 2 aliphatic carbocycles. The molecule has 2 aliphatic heterocycles. The molecule has 4 nitrogen and oxygen atoms in total. The number of allylic oxidation sites excluding steroid dienone is 2. The second-order valence-electron chi connectivity index (χ2n) is 29.1. The Kier molecular flexibility index (Phi) is 36.6. The molecule has 4 aliphatic rings. The zero-order chi connectivity index (χ0) is 68.2. The lowest BCUT2D eigenvalue weighted by Gasteiger charge is -2.16. The van der Waals surface area contributed by atoms with Crippen molar-refractivity contribution in [3.63, 3.8) is 0 Å². The van der Waals surface area contributed by atoms with Gasteiger partial charge in [0.1, 0.15) is 0 Å². The van der Waals surface area contributed by atoms with Crippen molar-refractivity contribution in [1.29, 1.82) is 0 Å². The molecule has 6 aromatic rings. The molecule has 2 saturated heterocycles. The Morgan fingerprint density at radius 3 is 0.806 bits per heavy atom. The smallest absolute Gasteiger partial charge is 0.193 e. The molecule has 10 rings (SSSR count). The highest BCUT2D eigenvalue weighted by atomic mass is 79.9. The lowest BCUT2D eigenvalue weighted by atomic mass is 9.89. The van der Waals surface area contributed by atoms with Crippen LogP contribution in [0.15, 0.2) is 117 Å². The van der Waals surface area contributed by atoms with Crippen molar-refractivity contribution in [3.05, 3.63) is 149 Å². The van der Waals surface area contributed by atoms with Gasteiger partial charge in [-0.15, -0.1) is 22.7 Å². The van der Waals surface area contributed by atoms with Crippen LogP contribution in [0.25, 0.3) is 54.3 Å². The van der Waals surface area contributed by atoms with E-state index in [1.807, 2.05) is 0 Å². The molecule has 536 valence electrons. The van der Waals surface area contributed by atoms with Crippen molar-refractivity contribution in [2.45, 2.75) is 323 Å². The average molecular weight is 1500 g/mol. The molecule has 98 heavy (non-hydrogen) atoms. The number of benzene rings is 4. The molecule has 2 fully saturated rings. The molecule has 0 radical (unpaired) electrons. The predicted octanol–water partition coefficient (Wildman–Crippen LogP) is 31.3. The summed E-state index contributed by atoms with van der Waals surface area (Å²) in [7, 11) is 0. The molecule has 4 aromatic carbocycles. The minimum Gasteiger partial charge on any atom is -0.345 e. The van der Waals surface area contributed by atoms with E-state index >= 15 is 0 Å². The zero-order valence-corrected chi connectivity index (χ0v) is 66.3. The molecule has 0 unspecified atom stereocenters. The van der Waals surface area contributed by atoms with Gasteiger partial charge in [0.2, 0.25) is 0 Å². The highest BCUT2D eigenvalue weighted by Crippen LogP contribution is 2.52. The zero-order valence-electron chi connectivity index (χ0n) is 61.5. The van der Waals surface area contributed by atoms with E-state index in [2.05, 4.69) is 157 Å². The third kappa shape index (κ3) is 24.9. The number of unbranched alkanes of at least 4 members (excludes halogenated alkanes) is 36. The van der Waals surface area contributed by atoms with Gasteiger partial charge in [0.05, 0.1) is 36.2 Å². The van der Waals surface area contributed by atoms with E-state index < -0.39 is 0 Å². The Balaban J connectivity index is 0.000000246. The second-order valence-corrected chi connectivity index (χ2v) is 33.2. The molecule has 0 atom stereocenters. The molecule has 0 saturated carbocycles. The molecule has 2 aromatic heterocycles. The van der Waals surface area contributed by atoms with Crippen molar-refractivity contribution in [1.82, 2.24) is 0 Å². The topological polar surface area (TPSA) is 36.9 Å². The summed E-state index contributed by atoms with van der Waals surface area (Å²) in [5.41, 5.74) is 20.3. The predicted molar refractivity (Wildman–Crippen MR) is 433 cm³/mol. The van der Waals surface area contributed by atoms with E-state index in [1.165, 1.54) is 362 Å². The molecular formula is C90H126Br2O4S2. The maximum absolute atomic E-state index is 5.87. The fourth-order valence-electron chi connectivity index (χ4n) is 15.6. The van der Waals surface area contributed by atoms with Gasteiger partial charge in [-0.05, 0) is 179 Å². The van der Waals surface area contributed by atoms with Gasteiger partial charge in [0, 0.05) is 18.7 Å². The minimum atomic E-state index is -0.232. The fourth-order valence-corrected chi connectivity index (χ4v) is 18.3. The van der Waals surface area contributed by atoms with Gasteiger partial charge in [-0.25, -0.2) is 0 Å². The number of ether oxygens (including phenoxy) is 4. The summed E-state index contributed by atoms with van der Waals surface area (Å²) in [6, 6.07) is 37.2. The van der Waals surface area contributed by atoms with Gasteiger partial charge in [0.25, 0.3) is 0 Å². The van der Waals surface area contributed by atoms with E-state index in [9.17, 15) is 0 Å². The fraction of sp³-hybridized carbons (Fsp3) is 0.600. The van der Waals surface area contributed by atoms with Gasteiger partial charge in [-0.3, -0.25) is 0 Å². The number of halogens is 2. The van der Waals surface area contributed by atoms with E-state index in [-0.39, 0.29) is 12.6 Å². The van der Waals surface area contributed by atoms with Crippen LogP contribution in [0.5, 0.6) is 0 Å². The van der Waals surface area contributed by atoms with E-state index in [0.717, 1.165) is 9.75 Å². The number of hydrogen-bond donors (Lipinski definition) is 0. The van der Waals surface area contributed by atoms with E-state index in [1.54, 1.807) is 39.4 Å². The maximum atomic E-state index is 5.87. The van der Waals surface area contributed by atoms with Crippen LogP contribution in [0.3, 0.4) is 0 Å². The first kappa shape index (κ1) is 78.7. The molecule has 8 heteroatoms. The van der Waals surface area contributed by atoms with Crippen LogP contribution in [-0.2, 0) is 18.9 Å². The summed E-state index contributed by atoms with van der Waals surface area (Å²) in [4.78, 5) is 4.87. The first-order valence-corrected chi connectivity index (χ1v) is 43.6. The SMILES string of the molecule is CCCCCCCCCCCCC(CCCCCCCCCCCC)=C1c2cc(-c3ccc(C4OCCO4)s3)ccc2-c2ccc(-c3ccc(C4OCCO4)s3)cc21.CCCCCCCCCCCCC(CCCCCCCCCCCC)=C1c2cc(Br)ccc2-c2ccc(Br)cc21. The monoisotopic (exact) mass is 1490 g/mol. The van der Waals surface area contributed by atoms with Gasteiger partial charge in [-0.1, -0.05) is 338 Å². The number of fused-ring (bicyclic) bond motifs is 6. The summed E-state index contributed by atoms with van der Waals surface area (Å²) in [6.45, 7) is 11.9. The van der Waals surface area contributed by atoms with Crippen LogP contribution in [0.1, 0.15) is 355 Å². The van der Waals surface area contributed by atoms with Gasteiger partial charge < -0.3 is 18.9 Å². The molecule has 0 bridgehead atoms. The maximum Gasteiger partial charge on any atom is 0.193 e. The average Bonchev–Trinajstić information content (AvgIpc) is 1.61. The quantitative estimate of drug-likeness (QED) is 0.0356. The summed E-state index contributed by atoms with van der Waals surface area (Å²) in [5.74, 6) is 0. The second kappa shape index (κ2) is 45.6. The molecule has 0 amide bonds. The Morgan fingerprint density at radius 1 is 0.286 bits per heavy atom. The normalized spacial score (nSPS) is 14.1. The number of rotatable bonds is 48. The number of hydrogen-bond acceptors (Lipinski definition) is 6. The van der Waals surface area contributed by atoms with Crippen molar-refractivity contribution < 1.29 is 18.9 Å². The Morgan fingerprint density at radius 2 is 0.531 bits per heavy atom. The van der Waals surface area contributed by atoms with Crippen LogP contribution in [0.4, 0.5) is 0 Å². The summed E-state index contributed by atoms with van der Waals surface area (Å²) in [6.07, 6.45) is 59.9.